The minimum absolute atomic E-state index is 0. The topological polar surface area (TPSA) is 184 Å². The van der Waals surface area contributed by atoms with E-state index in [2.05, 4.69) is 31.6 Å². The molecule has 3 heterocycles. The summed E-state index contributed by atoms with van der Waals surface area (Å²) >= 11 is 0. The quantitative estimate of drug-likeness (QED) is 0.0491. The molecule has 14 nitrogen and oxygen atoms in total. The number of pyridine rings is 3. The Kier molecular flexibility index (Phi) is 17.2. The van der Waals surface area contributed by atoms with Crippen LogP contribution in [0.25, 0.3) is 10.9 Å². The average Bonchev–Trinajstić information content (AvgIpc) is 3.26. The number of nitrogens with two attached hydrogens (primary N) is 1. The van der Waals surface area contributed by atoms with E-state index >= 15 is 0 Å². The summed E-state index contributed by atoms with van der Waals surface area (Å²) in [5, 5.41) is 27.6. The number of nitro groups is 1. The van der Waals surface area contributed by atoms with Gasteiger partial charge in [-0.2, -0.15) is 0 Å². The van der Waals surface area contributed by atoms with Crippen LogP contribution in [0, 0.1) is 10.1 Å². The van der Waals surface area contributed by atoms with Crippen molar-refractivity contribution in [2.75, 3.05) is 32.3 Å². The molecular formula is C48H46Cl2N10O4. The van der Waals surface area contributed by atoms with Crippen molar-refractivity contribution in [3.8, 4) is 0 Å². The van der Waals surface area contributed by atoms with Crippen LogP contribution in [0.2, 0.25) is 0 Å². The number of nitrogens with one attached hydrogen (secondary N) is 5. The Bertz CT molecular complexity index is 2830. The molecule has 0 atom stereocenters. The smallest absolute Gasteiger partial charge is 0.271 e. The van der Waals surface area contributed by atoms with Gasteiger partial charge in [0.15, 0.2) is 24.8 Å². The van der Waals surface area contributed by atoms with Crippen molar-refractivity contribution in [3.63, 3.8) is 0 Å². The summed E-state index contributed by atoms with van der Waals surface area (Å²) in [5.41, 5.74) is 14.5. The maximum atomic E-state index is 12.8. The van der Waals surface area contributed by atoms with Crippen molar-refractivity contribution < 1.29 is 48.5 Å². The zero-order valence-electron chi connectivity index (χ0n) is 34.0. The predicted octanol–water partition coefficient (Wildman–Crippen LogP) is 3.44. The van der Waals surface area contributed by atoms with Gasteiger partial charge in [0.25, 0.3) is 17.5 Å². The van der Waals surface area contributed by atoms with Crippen molar-refractivity contribution >= 4 is 79.6 Å². The summed E-state index contributed by atoms with van der Waals surface area (Å²) in [5.74, 6) is -0.393. The van der Waals surface area contributed by atoms with Gasteiger partial charge in [-0.05, 0) is 97.1 Å². The monoisotopic (exact) mass is 896 g/mol. The molecule has 0 unspecified atom stereocenters. The normalized spacial score (nSPS) is 9.97. The number of amides is 2. The van der Waals surface area contributed by atoms with Gasteiger partial charge in [0, 0.05) is 98.9 Å². The van der Waals surface area contributed by atoms with E-state index in [4.69, 9.17) is 5.73 Å². The highest BCUT2D eigenvalue weighted by Crippen LogP contribution is 2.28. The van der Waals surface area contributed by atoms with Gasteiger partial charge < -0.3 is 57.1 Å². The van der Waals surface area contributed by atoms with Gasteiger partial charge in [0.05, 0.1) is 21.8 Å². The SMILES string of the molecule is C.C[n+]1ccc(Nc2cccc(NC(=O)c3ccc(N)cc3)c2)cc1.C[n+]1ccc(Nc2cccc(NC(=O)c3ccc(Nc4ccnc5cc([N+](=O)[O-])ccc45)cc3)c2)cc1.[Cl-].[Cl-]. The van der Waals surface area contributed by atoms with E-state index in [-0.39, 0.29) is 49.7 Å². The van der Waals surface area contributed by atoms with Gasteiger partial charge in [-0.3, -0.25) is 24.7 Å². The zero-order valence-corrected chi connectivity index (χ0v) is 35.5. The molecular weight excluding hydrogens is 851 g/mol. The first-order valence-corrected chi connectivity index (χ1v) is 19.1. The molecule has 8 rings (SSSR count). The number of non-ortho nitro benzene ring substituents is 1. The number of anilines is 9. The molecule has 2 amide bonds. The Morgan fingerprint density at radius 1 is 0.562 bits per heavy atom. The highest BCUT2D eigenvalue weighted by molar-refractivity contribution is 6.05. The number of halogens is 2. The van der Waals surface area contributed by atoms with Gasteiger partial charge in [0.2, 0.25) is 0 Å². The lowest BCUT2D eigenvalue weighted by Gasteiger charge is -2.11. The number of aromatic nitrogens is 3. The van der Waals surface area contributed by atoms with E-state index in [1.54, 1.807) is 66.9 Å². The van der Waals surface area contributed by atoms with Crippen LogP contribution in [0.1, 0.15) is 28.1 Å². The van der Waals surface area contributed by atoms with Gasteiger partial charge in [0.1, 0.15) is 14.1 Å². The van der Waals surface area contributed by atoms with Crippen molar-refractivity contribution in [1.29, 1.82) is 0 Å². The Morgan fingerprint density at radius 3 is 1.50 bits per heavy atom. The molecule has 3 aromatic heterocycles. The van der Waals surface area contributed by atoms with Crippen LogP contribution in [-0.4, -0.2) is 21.7 Å². The predicted molar refractivity (Wildman–Crippen MR) is 246 cm³/mol. The highest BCUT2D eigenvalue weighted by atomic mass is 35.5. The van der Waals surface area contributed by atoms with Crippen molar-refractivity contribution in [2.24, 2.45) is 14.1 Å². The summed E-state index contributed by atoms with van der Waals surface area (Å²) in [6.45, 7) is 0. The molecule has 0 bridgehead atoms. The van der Waals surface area contributed by atoms with Crippen LogP contribution in [0.4, 0.5) is 56.9 Å². The van der Waals surface area contributed by atoms with Gasteiger partial charge in [-0.1, -0.05) is 19.6 Å². The average molecular weight is 898 g/mol. The van der Waals surface area contributed by atoms with Crippen molar-refractivity contribution in [2.45, 2.75) is 7.43 Å². The largest absolute Gasteiger partial charge is 1.00 e. The van der Waals surface area contributed by atoms with E-state index in [9.17, 15) is 19.7 Å². The second kappa shape index (κ2) is 22.7. The number of nitrogen functional groups attached to an aromatic ring is 1. The maximum absolute atomic E-state index is 12.8. The van der Waals surface area contributed by atoms with Crippen LogP contribution < -0.4 is 66.3 Å². The van der Waals surface area contributed by atoms with E-state index in [1.807, 2.05) is 121 Å². The molecule has 0 saturated carbocycles. The summed E-state index contributed by atoms with van der Waals surface area (Å²) in [6, 6.07) is 43.3. The summed E-state index contributed by atoms with van der Waals surface area (Å²) in [6.07, 6.45) is 9.44. The molecule has 64 heavy (non-hydrogen) atoms. The number of nitro benzene ring substituents is 1. The van der Waals surface area contributed by atoms with Gasteiger partial charge in [-0.25, -0.2) is 9.13 Å². The number of rotatable bonds is 11. The molecule has 0 aliphatic carbocycles. The third kappa shape index (κ3) is 13.2. The minimum Gasteiger partial charge on any atom is -1.00 e. The number of aryl methyl sites for hydroxylation is 2. The minimum atomic E-state index is -0.443. The van der Waals surface area contributed by atoms with Gasteiger partial charge in [-0.15, -0.1) is 0 Å². The zero-order chi connectivity index (χ0) is 42.7. The second-order valence-electron chi connectivity index (χ2n) is 14.0. The number of hydrogen-bond acceptors (Lipinski definition) is 9. The molecule has 0 aliphatic rings. The molecule has 0 fully saturated rings. The van der Waals surface area contributed by atoms with E-state index in [0.29, 0.717) is 28.0 Å². The summed E-state index contributed by atoms with van der Waals surface area (Å²) in [4.78, 5) is 39.9. The molecule has 326 valence electrons. The Balaban J connectivity index is 0.000000291. The number of nitrogens with zero attached hydrogens (tertiary/aromatic N) is 4. The number of carbonyl (C=O) groups excluding carboxylic acids is 2. The lowest BCUT2D eigenvalue weighted by Crippen LogP contribution is -3.00. The third-order valence-corrected chi connectivity index (χ3v) is 9.31. The van der Waals surface area contributed by atoms with Crippen LogP contribution >= 0.6 is 0 Å². The van der Waals surface area contributed by atoms with E-state index < -0.39 is 4.92 Å². The first kappa shape index (κ1) is 48.6. The van der Waals surface area contributed by atoms with Crippen molar-refractivity contribution in [3.05, 3.63) is 198 Å². The lowest BCUT2D eigenvalue weighted by molar-refractivity contribution is -0.671. The Hall–Kier alpha value is -8.07. The number of hydrogen-bond donors (Lipinski definition) is 6. The molecule has 5 aromatic carbocycles. The van der Waals surface area contributed by atoms with E-state index in [1.165, 1.54) is 12.1 Å². The fourth-order valence-electron chi connectivity index (χ4n) is 6.11. The molecule has 0 spiro atoms. The van der Waals surface area contributed by atoms with Crippen LogP contribution in [0.5, 0.6) is 0 Å². The molecule has 7 N–H and O–H groups in total. The number of fused-ring (bicyclic) bond motifs is 1. The van der Waals surface area contributed by atoms with Crippen LogP contribution in [0.3, 0.4) is 0 Å². The highest BCUT2D eigenvalue weighted by Gasteiger charge is 2.12. The van der Waals surface area contributed by atoms with Gasteiger partial charge >= 0.3 is 0 Å². The molecule has 0 saturated heterocycles. The molecule has 0 aliphatic heterocycles. The Morgan fingerprint density at radius 2 is 1.02 bits per heavy atom. The maximum Gasteiger partial charge on any atom is 0.271 e. The number of carbonyl (C=O) groups is 2. The van der Waals surface area contributed by atoms with Crippen molar-refractivity contribution in [1.82, 2.24) is 4.98 Å². The Labute approximate surface area is 383 Å². The lowest BCUT2D eigenvalue weighted by atomic mass is 10.1. The third-order valence-electron chi connectivity index (χ3n) is 9.31. The van der Waals surface area contributed by atoms with E-state index in [0.717, 1.165) is 45.2 Å². The number of benzene rings is 5. The molecule has 8 aromatic rings. The van der Waals surface area contributed by atoms with Crippen LogP contribution in [-0.2, 0) is 14.1 Å². The fraction of sp³-hybridized carbons (Fsp3) is 0.0625. The van der Waals surface area contributed by atoms with Crippen LogP contribution in [0.15, 0.2) is 177 Å². The second-order valence-corrected chi connectivity index (χ2v) is 14.0. The standard InChI is InChI=1S/C28H22N6O3.C19H18N4O.CH4.2ClH/c1-33-15-12-21(13-16-33)30-22-3-2-4-23(17-22)32-28(35)19-5-7-20(8-6-19)31-26-11-14-29-27-18-24(34(36)37)9-10-25(26)27;1-23-11-9-16(10-12-23)21-17-3-2-4-18(13-17)22-19(24)14-5-7-15(20)8-6-14;;;/h2-18H,1H3,(H2,29,31,32,35);2-13H,1H3,(H3,20,22,24);1H4;2*1H. The fourth-order valence-corrected chi connectivity index (χ4v) is 6.11. The summed E-state index contributed by atoms with van der Waals surface area (Å²) in [7, 11) is 3.93. The summed E-state index contributed by atoms with van der Waals surface area (Å²) < 4.78 is 3.92. The first-order chi connectivity index (χ1) is 29.5. The molecule has 0 radical (unpaired) electrons. The molecule has 16 heteroatoms. The first-order valence-electron chi connectivity index (χ1n) is 19.1.